The van der Waals surface area contributed by atoms with Crippen LogP contribution in [0.2, 0.25) is 0 Å². The van der Waals surface area contributed by atoms with E-state index < -0.39 is 34.3 Å². The van der Waals surface area contributed by atoms with Crippen molar-refractivity contribution in [3.05, 3.63) is 99.4 Å². The van der Waals surface area contributed by atoms with Gasteiger partial charge < -0.3 is 10.2 Å². The van der Waals surface area contributed by atoms with Crippen LogP contribution in [0.1, 0.15) is 18.1 Å². The molecule has 0 spiro atoms. The highest BCUT2D eigenvalue weighted by Gasteiger charge is 2.32. The Balaban J connectivity index is 2.02. The van der Waals surface area contributed by atoms with E-state index in [1.807, 2.05) is 30.3 Å². The smallest absolute Gasteiger partial charge is 0.244 e. The van der Waals surface area contributed by atoms with Crippen LogP contribution in [-0.2, 0) is 32.6 Å². The molecule has 3 rings (SSSR count). The molecular formula is C27H29FIN3O4S. The van der Waals surface area contributed by atoms with Crippen LogP contribution >= 0.6 is 22.6 Å². The number of hydrogen-bond acceptors (Lipinski definition) is 4. The molecule has 0 bridgehead atoms. The summed E-state index contributed by atoms with van der Waals surface area (Å²) in [6.07, 6.45) is 1.26. The van der Waals surface area contributed by atoms with Gasteiger partial charge in [0.15, 0.2) is 0 Å². The van der Waals surface area contributed by atoms with Crippen LogP contribution in [0.15, 0.2) is 78.9 Å². The number of benzene rings is 3. The van der Waals surface area contributed by atoms with Crippen LogP contribution in [0.5, 0.6) is 0 Å². The molecule has 0 unspecified atom stereocenters. The van der Waals surface area contributed by atoms with Gasteiger partial charge in [-0.15, -0.1) is 0 Å². The van der Waals surface area contributed by atoms with Gasteiger partial charge in [-0.2, -0.15) is 0 Å². The van der Waals surface area contributed by atoms with E-state index in [2.05, 4.69) is 27.9 Å². The number of likely N-dealkylation sites (N-methyl/N-ethyl adjacent to an activating group) is 1. The quantitative estimate of drug-likeness (QED) is 0.323. The Bertz CT molecular complexity index is 1300. The summed E-state index contributed by atoms with van der Waals surface area (Å²) in [5.41, 5.74) is 1.79. The number of nitrogens with one attached hydrogen (secondary N) is 1. The summed E-state index contributed by atoms with van der Waals surface area (Å²) in [5, 5.41) is 2.79. The standard InChI is InChI=1S/C27H29FIN3O4S/c1-3-30-27(34)25(17-20-7-5-4-6-8-20)31(18-21-9-11-22(28)12-10-21)26(33)19-32(37(2,35)36)24-15-13-23(29)14-16-24/h4-16,25H,3,17-19H2,1-2H3,(H,30,34)/t25-/m0/s1. The molecule has 3 aromatic carbocycles. The largest absolute Gasteiger partial charge is 0.355 e. The molecule has 2 amide bonds. The Hall–Kier alpha value is -2.99. The van der Waals surface area contributed by atoms with Crippen LogP contribution in [0, 0.1) is 9.39 Å². The molecule has 0 fully saturated rings. The zero-order valence-corrected chi connectivity index (χ0v) is 23.6. The maximum absolute atomic E-state index is 13.8. The molecule has 0 heterocycles. The van der Waals surface area contributed by atoms with Crippen LogP contribution in [0.3, 0.4) is 0 Å². The third-order valence-electron chi connectivity index (χ3n) is 5.68. The number of halogens is 2. The van der Waals surface area contributed by atoms with Gasteiger partial charge in [-0.3, -0.25) is 13.9 Å². The minimum Gasteiger partial charge on any atom is -0.355 e. The number of nitrogens with zero attached hydrogens (tertiary/aromatic N) is 2. The molecule has 37 heavy (non-hydrogen) atoms. The molecule has 1 N–H and O–H groups in total. The SMILES string of the molecule is CCNC(=O)[C@H](Cc1ccccc1)N(Cc1ccc(F)cc1)C(=O)CN(c1ccc(I)cc1)S(C)(=O)=O. The average Bonchev–Trinajstić information content (AvgIpc) is 2.86. The number of anilines is 1. The summed E-state index contributed by atoms with van der Waals surface area (Å²) >= 11 is 2.11. The number of carbonyl (C=O) groups is 2. The molecule has 196 valence electrons. The molecule has 10 heteroatoms. The van der Waals surface area contributed by atoms with Crippen molar-refractivity contribution in [3.8, 4) is 0 Å². The van der Waals surface area contributed by atoms with Gasteiger partial charge in [-0.1, -0.05) is 42.5 Å². The summed E-state index contributed by atoms with van der Waals surface area (Å²) in [7, 11) is -3.82. The van der Waals surface area contributed by atoms with Crippen molar-refractivity contribution in [1.82, 2.24) is 10.2 Å². The van der Waals surface area contributed by atoms with Gasteiger partial charge >= 0.3 is 0 Å². The van der Waals surface area contributed by atoms with Crippen molar-refractivity contribution < 1.29 is 22.4 Å². The van der Waals surface area contributed by atoms with E-state index in [0.717, 1.165) is 19.7 Å². The van der Waals surface area contributed by atoms with Gasteiger partial charge in [0.1, 0.15) is 18.4 Å². The average molecular weight is 638 g/mol. The first kappa shape index (κ1) is 28.6. The fraction of sp³-hybridized carbons (Fsp3) is 0.259. The van der Waals surface area contributed by atoms with Gasteiger partial charge in [0.2, 0.25) is 21.8 Å². The molecule has 3 aromatic rings. The first-order chi connectivity index (χ1) is 17.6. The number of sulfonamides is 1. The van der Waals surface area contributed by atoms with Crippen molar-refractivity contribution >= 4 is 50.1 Å². The van der Waals surface area contributed by atoms with E-state index in [4.69, 9.17) is 0 Å². The van der Waals surface area contributed by atoms with E-state index in [1.165, 1.54) is 17.0 Å². The second-order valence-electron chi connectivity index (χ2n) is 8.49. The topological polar surface area (TPSA) is 86.8 Å². The highest BCUT2D eigenvalue weighted by Crippen LogP contribution is 2.21. The number of rotatable bonds is 11. The third-order valence-corrected chi connectivity index (χ3v) is 7.54. The summed E-state index contributed by atoms with van der Waals surface area (Å²) < 4.78 is 40.9. The highest BCUT2D eigenvalue weighted by molar-refractivity contribution is 14.1. The minimum atomic E-state index is -3.82. The second-order valence-corrected chi connectivity index (χ2v) is 11.6. The van der Waals surface area contributed by atoms with Crippen LogP contribution < -0.4 is 9.62 Å². The lowest BCUT2D eigenvalue weighted by atomic mass is 10.0. The highest BCUT2D eigenvalue weighted by atomic mass is 127. The third kappa shape index (κ3) is 8.26. The van der Waals surface area contributed by atoms with Crippen LogP contribution in [0.25, 0.3) is 0 Å². The normalized spacial score (nSPS) is 12.0. The van der Waals surface area contributed by atoms with E-state index >= 15 is 0 Å². The first-order valence-corrected chi connectivity index (χ1v) is 14.6. The number of amides is 2. The number of carbonyl (C=O) groups excluding carboxylic acids is 2. The van der Waals surface area contributed by atoms with Gasteiger partial charge in [0, 0.05) is 23.1 Å². The number of hydrogen-bond donors (Lipinski definition) is 1. The maximum Gasteiger partial charge on any atom is 0.244 e. The second kappa shape index (κ2) is 13.0. The molecule has 0 saturated heterocycles. The van der Waals surface area contributed by atoms with Crippen molar-refractivity contribution in [2.45, 2.75) is 25.9 Å². The van der Waals surface area contributed by atoms with E-state index in [1.54, 1.807) is 43.3 Å². The van der Waals surface area contributed by atoms with Gasteiger partial charge in [-0.05, 0) is 77.0 Å². The summed E-state index contributed by atoms with van der Waals surface area (Å²) in [6.45, 7) is 1.65. The molecular weight excluding hydrogens is 608 g/mol. The zero-order valence-electron chi connectivity index (χ0n) is 20.6. The van der Waals surface area contributed by atoms with Crippen LogP contribution in [0.4, 0.5) is 10.1 Å². The minimum absolute atomic E-state index is 0.00195. The lowest BCUT2D eigenvalue weighted by Crippen LogP contribution is -2.53. The monoisotopic (exact) mass is 637 g/mol. The molecule has 0 aromatic heterocycles. The molecule has 0 aliphatic rings. The van der Waals surface area contributed by atoms with Gasteiger partial charge in [0.25, 0.3) is 0 Å². The lowest BCUT2D eigenvalue weighted by molar-refractivity contribution is -0.140. The molecule has 0 radical (unpaired) electrons. The van der Waals surface area contributed by atoms with Crippen molar-refractivity contribution in [3.63, 3.8) is 0 Å². The van der Waals surface area contributed by atoms with E-state index in [9.17, 15) is 22.4 Å². The maximum atomic E-state index is 13.8. The van der Waals surface area contributed by atoms with Crippen molar-refractivity contribution in [2.24, 2.45) is 0 Å². The molecule has 0 aliphatic carbocycles. The van der Waals surface area contributed by atoms with E-state index in [-0.39, 0.29) is 18.9 Å². The Morgan fingerprint density at radius 1 is 0.946 bits per heavy atom. The Morgan fingerprint density at radius 3 is 2.14 bits per heavy atom. The molecule has 0 aliphatic heterocycles. The van der Waals surface area contributed by atoms with E-state index in [0.29, 0.717) is 17.8 Å². The summed E-state index contributed by atoms with van der Waals surface area (Å²) in [6, 6.07) is 20.8. The van der Waals surface area contributed by atoms with Crippen LogP contribution in [-0.4, -0.2) is 50.5 Å². The first-order valence-electron chi connectivity index (χ1n) is 11.7. The Morgan fingerprint density at radius 2 is 1.57 bits per heavy atom. The molecule has 7 nitrogen and oxygen atoms in total. The summed E-state index contributed by atoms with van der Waals surface area (Å²) in [4.78, 5) is 28.4. The predicted octanol–water partition coefficient (Wildman–Crippen LogP) is 3.97. The van der Waals surface area contributed by atoms with Gasteiger partial charge in [-0.25, -0.2) is 12.8 Å². The predicted molar refractivity (Wildman–Crippen MR) is 151 cm³/mol. The lowest BCUT2D eigenvalue weighted by Gasteiger charge is -2.33. The Kier molecular flexibility index (Phi) is 10.0. The van der Waals surface area contributed by atoms with Crippen molar-refractivity contribution in [1.29, 1.82) is 0 Å². The zero-order chi connectivity index (χ0) is 27.0. The fourth-order valence-electron chi connectivity index (χ4n) is 3.85. The van der Waals surface area contributed by atoms with Crippen molar-refractivity contribution in [2.75, 3.05) is 23.7 Å². The molecule has 0 saturated carbocycles. The Labute approximate surface area is 230 Å². The van der Waals surface area contributed by atoms with Gasteiger partial charge in [0.05, 0.1) is 11.9 Å². The summed E-state index contributed by atoms with van der Waals surface area (Å²) in [5.74, 6) is -1.34. The molecule has 1 atom stereocenters. The fourth-order valence-corrected chi connectivity index (χ4v) is 5.06.